The lowest BCUT2D eigenvalue weighted by atomic mass is 10.1. The van der Waals surface area contributed by atoms with Crippen LogP contribution in [-0.4, -0.2) is 22.9 Å². The van der Waals surface area contributed by atoms with E-state index in [0.717, 1.165) is 6.07 Å². The van der Waals surface area contributed by atoms with Gasteiger partial charge in [-0.3, -0.25) is 14.9 Å². The van der Waals surface area contributed by atoms with Crippen molar-refractivity contribution in [3.05, 3.63) is 63.2 Å². The largest absolute Gasteiger partial charge is 0.449 e. The summed E-state index contributed by atoms with van der Waals surface area (Å²) in [7, 11) is 0. The molecule has 0 radical (unpaired) electrons. The molecule has 2 aromatic carbocycles. The number of nitro groups is 1. The smallest absolute Gasteiger partial charge is 0.341 e. The molecule has 1 atom stereocenters. The summed E-state index contributed by atoms with van der Waals surface area (Å²) in [5.74, 6) is -1.52. The SMILES string of the molecule is C[C@H](OC(=O)c1cc([N+](=O)[O-])ccc1N)C(=O)Nc1cccc(Cl)c1. The van der Waals surface area contributed by atoms with Crippen molar-refractivity contribution in [3.63, 3.8) is 0 Å². The number of nitrogens with zero attached hydrogens (tertiary/aromatic N) is 1. The van der Waals surface area contributed by atoms with Crippen LogP contribution >= 0.6 is 11.6 Å². The highest BCUT2D eigenvalue weighted by molar-refractivity contribution is 6.30. The normalized spacial score (nSPS) is 11.4. The topological polar surface area (TPSA) is 125 Å². The van der Waals surface area contributed by atoms with E-state index in [-0.39, 0.29) is 16.9 Å². The number of benzene rings is 2. The van der Waals surface area contributed by atoms with Crippen molar-refractivity contribution in [2.75, 3.05) is 11.1 Å². The monoisotopic (exact) mass is 363 g/mol. The Kier molecular flexibility index (Phi) is 5.56. The fraction of sp³-hybridized carbons (Fsp3) is 0.125. The van der Waals surface area contributed by atoms with E-state index < -0.39 is 22.9 Å². The van der Waals surface area contributed by atoms with Crippen LogP contribution in [0.5, 0.6) is 0 Å². The van der Waals surface area contributed by atoms with Crippen LogP contribution in [0.2, 0.25) is 5.02 Å². The number of anilines is 2. The second kappa shape index (κ2) is 7.63. The Morgan fingerprint density at radius 1 is 1.28 bits per heavy atom. The number of ether oxygens (including phenoxy) is 1. The van der Waals surface area contributed by atoms with Crippen molar-refractivity contribution >= 4 is 40.5 Å². The van der Waals surface area contributed by atoms with Crippen LogP contribution in [0.25, 0.3) is 0 Å². The van der Waals surface area contributed by atoms with Gasteiger partial charge in [0.1, 0.15) is 0 Å². The van der Waals surface area contributed by atoms with Crippen LogP contribution in [0.1, 0.15) is 17.3 Å². The number of hydrogen-bond acceptors (Lipinski definition) is 6. The van der Waals surface area contributed by atoms with Gasteiger partial charge < -0.3 is 15.8 Å². The van der Waals surface area contributed by atoms with Crippen molar-refractivity contribution in [3.8, 4) is 0 Å². The van der Waals surface area contributed by atoms with E-state index in [1.807, 2.05) is 0 Å². The Bertz CT molecular complexity index is 840. The highest BCUT2D eigenvalue weighted by atomic mass is 35.5. The Labute approximate surface area is 147 Å². The second-order valence-corrected chi connectivity index (χ2v) is 5.51. The van der Waals surface area contributed by atoms with Gasteiger partial charge in [0.25, 0.3) is 11.6 Å². The number of halogens is 1. The molecule has 0 aromatic heterocycles. The van der Waals surface area contributed by atoms with Crippen molar-refractivity contribution in [2.45, 2.75) is 13.0 Å². The number of non-ortho nitro benzene ring substituents is 1. The summed E-state index contributed by atoms with van der Waals surface area (Å²) in [6.07, 6.45) is -1.15. The summed E-state index contributed by atoms with van der Waals surface area (Å²) < 4.78 is 5.03. The molecule has 0 saturated heterocycles. The molecule has 130 valence electrons. The van der Waals surface area contributed by atoms with Gasteiger partial charge in [-0.15, -0.1) is 0 Å². The number of carbonyl (C=O) groups excluding carboxylic acids is 2. The Hall–Kier alpha value is -3.13. The molecule has 0 aliphatic carbocycles. The molecular formula is C16H14ClN3O5. The van der Waals surface area contributed by atoms with Crippen molar-refractivity contribution in [2.24, 2.45) is 0 Å². The number of hydrogen-bond donors (Lipinski definition) is 2. The average Bonchev–Trinajstić information content (AvgIpc) is 2.54. The molecule has 0 bridgehead atoms. The average molecular weight is 364 g/mol. The molecule has 3 N–H and O–H groups in total. The van der Waals surface area contributed by atoms with Crippen molar-refractivity contribution in [1.29, 1.82) is 0 Å². The first-order valence-corrected chi connectivity index (χ1v) is 7.47. The van der Waals surface area contributed by atoms with Crippen molar-refractivity contribution < 1.29 is 19.2 Å². The van der Waals surface area contributed by atoms with E-state index in [4.69, 9.17) is 22.1 Å². The predicted molar refractivity (Wildman–Crippen MR) is 92.5 cm³/mol. The lowest BCUT2D eigenvalue weighted by molar-refractivity contribution is -0.384. The summed E-state index contributed by atoms with van der Waals surface area (Å²) >= 11 is 5.82. The summed E-state index contributed by atoms with van der Waals surface area (Å²) in [4.78, 5) is 34.3. The molecule has 2 aromatic rings. The standard InChI is InChI=1S/C16H14ClN3O5/c1-9(15(21)19-11-4-2-3-10(17)7-11)25-16(22)13-8-12(20(23)24)5-6-14(13)18/h2-9H,18H2,1H3,(H,19,21)/t9-/m0/s1. The summed E-state index contributed by atoms with van der Waals surface area (Å²) in [6, 6.07) is 9.85. The number of nitro benzene ring substituents is 1. The molecule has 0 heterocycles. The molecular weight excluding hydrogens is 350 g/mol. The third kappa shape index (κ3) is 4.67. The Balaban J connectivity index is 2.08. The van der Waals surface area contributed by atoms with E-state index in [9.17, 15) is 19.7 Å². The highest BCUT2D eigenvalue weighted by Gasteiger charge is 2.22. The highest BCUT2D eigenvalue weighted by Crippen LogP contribution is 2.21. The number of rotatable bonds is 5. The van der Waals surface area contributed by atoms with Crippen LogP contribution in [0.3, 0.4) is 0 Å². The van der Waals surface area contributed by atoms with Gasteiger partial charge in [-0.05, 0) is 31.2 Å². The zero-order valence-electron chi connectivity index (χ0n) is 13.1. The third-order valence-corrected chi connectivity index (χ3v) is 3.45. The van der Waals surface area contributed by atoms with E-state index in [1.165, 1.54) is 25.1 Å². The minimum atomic E-state index is -1.15. The number of nitrogen functional groups attached to an aromatic ring is 1. The summed E-state index contributed by atoms with van der Waals surface area (Å²) in [5, 5.41) is 13.8. The lowest BCUT2D eigenvalue weighted by Crippen LogP contribution is -2.30. The molecule has 25 heavy (non-hydrogen) atoms. The quantitative estimate of drug-likeness (QED) is 0.364. The number of nitrogens with two attached hydrogens (primary N) is 1. The van der Waals surface area contributed by atoms with E-state index in [2.05, 4.69) is 5.32 Å². The van der Waals surface area contributed by atoms with Crippen LogP contribution in [-0.2, 0) is 9.53 Å². The molecule has 0 fully saturated rings. The van der Waals surface area contributed by atoms with Gasteiger partial charge in [0.05, 0.1) is 10.5 Å². The number of amides is 1. The predicted octanol–water partition coefficient (Wildman–Crippen LogP) is 3.01. The maximum Gasteiger partial charge on any atom is 0.341 e. The molecule has 1 amide bonds. The zero-order valence-corrected chi connectivity index (χ0v) is 13.8. The molecule has 8 nitrogen and oxygen atoms in total. The first-order valence-electron chi connectivity index (χ1n) is 7.09. The van der Waals surface area contributed by atoms with E-state index >= 15 is 0 Å². The Morgan fingerprint density at radius 3 is 2.64 bits per heavy atom. The Morgan fingerprint density at radius 2 is 2.00 bits per heavy atom. The molecule has 2 rings (SSSR count). The van der Waals surface area contributed by atoms with Crippen molar-refractivity contribution in [1.82, 2.24) is 0 Å². The summed E-state index contributed by atoms with van der Waals surface area (Å²) in [6.45, 7) is 1.37. The van der Waals surface area contributed by atoms with E-state index in [1.54, 1.807) is 18.2 Å². The molecule has 0 aliphatic heterocycles. The van der Waals surface area contributed by atoms with Gasteiger partial charge in [-0.2, -0.15) is 0 Å². The van der Waals surface area contributed by atoms with Crippen LogP contribution in [0.15, 0.2) is 42.5 Å². The van der Waals surface area contributed by atoms with Gasteiger partial charge >= 0.3 is 5.97 Å². The minimum Gasteiger partial charge on any atom is -0.449 e. The number of nitrogens with one attached hydrogen (secondary N) is 1. The van der Waals surface area contributed by atoms with Gasteiger partial charge in [0, 0.05) is 28.5 Å². The number of esters is 1. The first kappa shape index (κ1) is 18.2. The molecule has 0 spiro atoms. The van der Waals surface area contributed by atoms with Gasteiger partial charge in [0.2, 0.25) is 0 Å². The summed E-state index contributed by atoms with van der Waals surface area (Å²) in [5.41, 5.74) is 5.60. The van der Waals surface area contributed by atoms with Gasteiger partial charge in [-0.25, -0.2) is 4.79 Å². The maximum absolute atomic E-state index is 12.1. The fourth-order valence-corrected chi connectivity index (χ4v) is 2.11. The first-order chi connectivity index (χ1) is 11.8. The van der Waals surface area contributed by atoms with Crippen LogP contribution in [0.4, 0.5) is 17.1 Å². The molecule has 0 aliphatic rings. The minimum absolute atomic E-state index is 0.0121. The second-order valence-electron chi connectivity index (χ2n) is 5.08. The number of carbonyl (C=O) groups is 2. The fourth-order valence-electron chi connectivity index (χ4n) is 1.92. The third-order valence-electron chi connectivity index (χ3n) is 3.21. The van der Waals surface area contributed by atoms with Gasteiger partial charge in [-0.1, -0.05) is 17.7 Å². The molecule has 0 saturated carbocycles. The van der Waals surface area contributed by atoms with Crippen LogP contribution < -0.4 is 11.1 Å². The van der Waals surface area contributed by atoms with Gasteiger partial charge in [0.15, 0.2) is 6.10 Å². The lowest BCUT2D eigenvalue weighted by Gasteiger charge is -2.14. The van der Waals surface area contributed by atoms with E-state index in [0.29, 0.717) is 10.7 Å². The zero-order chi connectivity index (χ0) is 18.6. The van der Waals surface area contributed by atoms with Crippen LogP contribution in [0, 0.1) is 10.1 Å². The maximum atomic E-state index is 12.1. The molecule has 9 heteroatoms. The molecule has 0 unspecified atom stereocenters.